The maximum absolute atomic E-state index is 10.6. The third-order valence-electron chi connectivity index (χ3n) is 1.70. The Morgan fingerprint density at radius 1 is 1.31 bits per heavy atom. The van der Waals surface area contributed by atoms with E-state index in [9.17, 15) is 9.59 Å². The van der Waals surface area contributed by atoms with Gasteiger partial charge in [0.1, 0.15) is 6.04 Å². The molecule has 0 radical (unpaired) electrons. The molecule has 1 aliphatic heterocycles. The number of carboxylic acid groups (broad SMARTS) is 1. The maximum atomic E-state index is 10.6. The second kappa shape index (κ2) is 5.13. The van der Waals surface area contributed by atoms with Crippen LogP contribution in [0.4, 0.5) is 4.79 Å². The van der Waals surface area contributed by atoms with E-state index in [1.807, 2.05) is 12.1 Å². The van der Waals surface area contributed by atoms with Crippen molar-refractivity contribution in [3.63, 3.8) is 0 Å². The van der Waals surface area contributed by atoms with E-state index in [1.54, 1.807) is 12.1 Å². The minimum absolute atomic E-state index is 0.402. The van der Waals surface area contributed by atoms with Gasteiger partial charge in [-0.25, -0.2) is 4.79 Å². The number of carbonyl (C=O) groups is 2. The normalized spacial score (nSPS) is 13.8. The summed E-state index contributed by atoms with van der Waals surface area (Å²) in [6, 6.07) is 6.06. The molecule has 6 heteroatoms. The van der Waals surface area contributed by atoms with E-state index in [0.29, 0.717) is 10.7 Å². The van der Waals surface area contributed by atoms with Crippen molar-refractivity contribution in [2.75, 3.05) is 0 Å². The van der Waals surface area contributed by atoms with Gasteiger partial charge in [0.05, 0.1) is 10.7 Å². The van der Waals surface area contributed by atoms with Crippen molar-refractivity contribution >= 4 is 12.0 Å². The molecule has 1 aliphatic rings. The summed E-state index contributed by atoms with van der Waals surface area (Å²) < 4.78 is 0. The monoisotopic (exact) mass is 221 g/mol. The summed E-state index contributed by atoms with van der Waals surface area (Å²) in [7, 11) is 0. The van der Waals surface area contributed by atoms with Crippen LogP contribution in [0.1, 0.15) is 6.92 Å². The minimum atomic E-state index is -0.963. The third kappa shape index (κ3) is 3.25. The Balaban J connectivity index is 0.000000187. The van der Waals surface area contributed by atoms with Crippen LogP contribution in [0.25, 0.3) is 0 Å². The second-order valence-electron chi connectivity index (χ2n) is 3.12. The maximum Gasteiger partial charge on any atom is 0.368 e. The SMILES string of the molecule is C[C@H](N)C(=O)O.O=C1N=c2ccccc2=N1. The zero-order valence-electron chi connectivity index (χ0n) is 8.62. The molecule has 0 unspecified atom stereocenters. The van der Waals surface area contributed by atoms with Crippen LogP contribution in [0.5, 0.6) is 0 Å². The number of urea groups is 1. The highest BCUT2D eigenvalue weighted by Crippen LogP contribution is 1.83. The largest absolute Gasteiger partial charge is 0.480 e. The number of nitrogens with zero attached hydrogens (tertiary/aromatic N) is 2. The molecule has 84 valence electrons. The quantitative estimate of drug-likeness (QED) is 0.665. The molecule has 16 heavy (non-hydrogen) atoms. The molecular formula is C10H11N3O3. The minimum Gasteiger partial charge on any atom is -0.480 e. The van der Waals surface area contributed by atoms with Crippen molar-refractivity contribution in [3.8, 4) is 0 Å². The van der Waals surface area contributed by atoms with Gasteiger partial charge in [0.2, 0.25) is 0 Å². The van der Waals surface area contributed by atoms with Gasteiger partial charge < -0.3 is 10.8 Å². The van der Waals surface area contributed by atoms with Gasteiger partial charge in [0.15, 0.2) is 0 Å². The molecule has 1 heterocycles. The predicted octanol–water partition coefficient (Wildman–Crippen LogP) is -0.522. The first-order chi connectivity index (χ1) is 7.50. The zero-order chi connectivity index (χ0) is 12.1. The van der Waals surface area contributed by atoms with Crippen LogP contribution in [0, 0.1) is 0 Å². The van der Waals surface area contributed by atoms with Crippen LogP contribution in [-0.2, 0) is 4.79 Å². The van der Waals surface area contributed by atoms with Crippen molar-refractivity contribution in [2.24, 2.45) is 15.7 Å². The van der Waals surface area contributed by atoms with Crippen LogP contribution in [0.2, 0.25) is 0 Å². The molecule has 0 aliphatic carbocycles. The first-order valence-corrected chi connectivity index (χ1v) is 4.55. The first-order valence-electron chi connectivity index (χ1n) is 4.55. The molecule has 0 aromatic heterocycles. The van der Waals surface area contributed by atoms with Crippen molar-refractivity contribution in [1.29, 1.82) is 0 Å². The molecule has 2 amide bonds. The zero-order valence-corrected chi connectivity index (χ0v) is 8.62. The average Bonchev–Trinajstić information content (AvgIpc) is 2.58. The number of para-hydroxylation sites is 2. The van der Waals surface area contributed by atoms with Crippen molar-refractivity contribution in [3.05, 3.63) is 35.0 Å². The van der Waals surface area contributed by atoms with Crippen molar-refractivity contribution < 1.29 is 14.7 Å². The lowest BCUT2D eigenvalue weighted by molar-refractivity contribution is -0.138. The summed E-state index contributed by atoms with van der Waals surface area (Å²) in [6.07, 6.45) is 0. The van der Waals surface area contributed by atoms with Gasteiger partial charge in [-0.05, 0) is 19.1 Å². The number of hydrogen-bond donors (Lipinski definition) is 2. The standard InChI is InChI=1S/C7H4N2O.C3H7NO2/c10-7-8-5-3-1-2-4-6(5)9-7;1-2(4)3(5)6/h1-4H;2H,4H2,1H3,(H,5,6)/t;2-/m.0/s1. The Bertz CT molecular complexity index is 485. The van der Waals surface area contributed by atoms with Crippen LogP contribution < -0.4 is 16.4 Å². The van der Waals surface area contributed by atoms with E-state index >= 15 is 0 Å². The molecule has 0 saturated heterocycles. The predicted molar refractivity (Wildman–Crippen MR) is 55.4 cm³/mol. The first kappa shape index (κ1) is 12.0. The average molecular weight is 221 g/mol. The Kier molecular flexibility index (Phi) is 3.84. The second-order valence-corrected chi connectivity index (χ2v) is 3.12. The lowest BCUT2D eigenvalue weighted by Gasteiger charge is -1.90. The van der Waals surface area contributed by atoms with E-state index in [0.717, 1.165) is 0 Å². The molecule has 1 aromatic rings. The summed E-state index contributed by atoms with van der Waals surface area (Å²) in [4.78, 5) is 27.4. The number of aliphatic carboxylic acids is 1. The van der Waals surface area contributed by atoms with Crippen LogP contribution in [0.15, 0.2) is 34.3 Å². The number of amides is 2. The number of benzene rings is 1. The molecule has 6 nitrogen and oxygen atoms in total. The van der Waals surface area contributed by atoms with Gasteiger partial charge in [0.25, 0.3) is 0 Å². The highest BCUT2D eigenvalue weighted by Gasteiger charge is 2.01. The molecule has 0 fully saturated rings. The summed E-state index contributed by atoms with van der Waals surface area (Å²) in [6.45, 7) is 1.42. The van der Waals surface area contributed by atoms with E-state index in [4.69, 9.17) is 10.8 Å². The van der Waals surface area contributed by atoms with Crippen LogP contribution in [0.3, 0.4) is 0 Å². The van der Waals surface area contributed by atoms with Crippen molar-refractivity contribution in [2.45, 2.75) is 13.0 Å². The fraction of sp³-hybridized carbons (Fsp3) is 0.200. The Morgan fingerprint density at radius 2 is 1.69 bits per heavy atom. The van der Waals surface area contributed by atoms with Gasteiger partial charge in [-0.15, -0.1) is 0 Å². The van der Waals surface area contributed by atoms with E-state index in [-0.39, 0.29) is 0 Å². The highest BCUT2D eigenvalue weighted by atomic mass is 16.4. The number of fused-ring (bicyclic) bond motifs is 1. The molecule has 2 rings (SSSR count). The van der Waals surface area contributed by atoms with E-state index < -0.39 is 18.0 Å². The van der Waals surface area contributed by atoms with Gasteiger partial charge in [-0.2, -0.15) is 9.98 Å². The summed E-state index contributed by atoms with van der Waals surface area (Å²) in [5.41, 5.74) is 4.84. The fourth-order valence-electron chi connectivity index (χ4n) is 0.884. The lowest BCUT2D eigenvalue weighted by Crippen LogP contribution is -2.25. The number of hydrogen-bond acceptors (Lipinski definition) is 3. The molecule has 3 N–H and O–H groups in total. The summed E-state index contributed by atoms with van der Waals surface area (Å²) in [5.74, 6) is -0.963. The number of carbonyl (C=O) groups excluding carboxylic acids is 1. The van der Waals surface area contributed by atoms with E-state index in [2.05, 4.69) is 9.98 Å². The number of nitrogens with two attached hydrogens (primary N) is 1. The van der Waals surface area contributed by atoms with Gasteiger partial charge in [-0.3, -0.25) is 4.79 Å². The topological polar surface area (TPSA) is 105 Å². The highest BCUT2D eigenvalue weighted by molar-refractivity contribution is 5.77. The summed E-state index contributed by atoms with van der Waals surface area (Å²) >= 11 is 0. The Hall–Kier alpha value is -2.08. The van der Waals surface area contributed by atoms with E-state index in [1.165, 1.54) is 6.92 Å². The number of carboxylic acids is 1. The molecular weight excluding hydrogens is 210 g/mol. The Labute approximate surface area is 91.1 Å². The Morgan fingerprint density at radius 3 is 2.00 bits per heavy atom. The molecule has 0 spiro atoms. The van der Waals surface area contributed by atoms with Crippen molar-refractivity contribution in [1.82, 2.24) is 0 Å². The van der Waals surface area contributed by atoms with Crippen LogP contribution in [-0.4, -0.2) is 23.1 Å². The molecule has 0 bridgehead atoms. The lowest BCUT2D eigenvalue weighted by atomic mass is 10.3. The van der Waals surface area contributed by atoms with Gasteiger partial charge in [0, 0.05) is 0 Å². The third-order valence-corrected chi connectivity index (χ3v) is 1.70. The molecule has 1 aromatic carbocycles. The smallest absolute Gasteiger partial charge is 0.368 e. The summed E-state index contributed by atoms with van der Waals surface area (Å²) in [5, 5.41) is 9.21. The van der Waals surface area contributed by atoms with Gasteiger partial charge >= 0.3 is 12.0 Å². The fourth-order valence-corrected chi connectivity index (χ4v) is 0.884. The molecule has 1 atom stereocenters. The van der Waals surface area contributed by atoms with Crippen LogP contribution >= 0.6 is 0 Å². The van der Waals surface area contributed by atoms with Gasteiger partial charge in [-0.1, -0.05) is 12.1 Å². The number of rotatable bonds is 1. The molecule has 0 saturated carbocycles.